The molecule has 5 unspecified atom stereocenters. The maximum atomic E-state index is 10.5. The topological polar surface area (TPSA) is 114 Å². The van der Waals surface area contributed by atoms with Crippen LogP contribution in [0.1, 0.15) is 95.5 Å². The minimum Gasteiger partial charge on any atom is -0.447 e. The summed E-state index contributed by atoms with van der Waals surface area (Å²) in [6, 6.07) is 16.8. The second kappa shape index (κ2) is 10.4. The molecule has 2 saturated heterocycles. The number of rotatable bonds is 10. The summed E-state index contributed by atoms with van der Waals surface area (Å²) in [5.74, 6) is -1.72. The number of ether oxygens (including phenoxy) is 2. The summed E-state index contributed by atoms with van der Waals surface area (Å²) < 4.78 is 12.6. The standard InChI is InChI=1S/C29H36N4O2/c1-2-3-4-5-6-7-8-12-15-25-27(19-30,20-31)28(21-32)24-18-23(22-13-10-9-11-14-22)16-17-29(24,34-25)35-26(28)33/h9-11,13-14,23-25,33H,2-8,12,15-18H2,1H3. The van der Waals surface area contributed by atoms with Crippen LogP contribution in [0.3, 0.4) is 0 Å². The Hall–Kier alpha value is -2.88. The van der Waals surface area contributed by atoms with E-state index in [0.717, 1.165) is 25.7 Å². The molecule has 2 aliphatic heterocycles. The molecule has 5 atom stereocenters. The predicted octanol–water partition coefficient (Wildman–Crippen LogP) is 6.75. The average Bonchev–Trinajstić information content (AvgIpc) is 3.10. The summed E-state index contributed by atoms with van der Waals surface area (Å²) >= 11 is 0. The van der Waals surface area contributed by atoms with Crippen LogP contribution in [0.15, 0.2) is 30.3 Å². The van der Waals surface area contributed by atoms with Crippen molar-refractivity contribution >= 4 is 5.90 Å². The molecule has 35 heavy (non-hydrogen) atoms. The van der Waals surface area contributed by atoms with Crippen molar-refractivity contribution in [1.29, 1.82) is 21.2 Å². The molecule has 1 saturated carbocycles. The maximum Gasteiger partial charge on any atom is 0.217 e. The summed E-state index contributed by atoms with van der Waals surface area (Å²) in [6.45, 7) is 2.21. The molecule has 1 aromatic carbocycles. The zero-order valence-electron chi connectivity index (χ0n) is 20.8. The monoisotopic (exact) mass is 472 g/mol. The fraction of sp³-hybridized carbons (Fsp3) is 0.655. The molecular formula is C29H36N4O2. The summed E-state index contributed by atoms with van der Waals surface area (Å²) in [7, 11) is 0. The fourth-order valence-electron chi connectivity index (χ4n) is 6.70. The van der Waals surface area contributed by atoms with Crippen molar-refractivity contribution in [3.8, 4) is 18.2 Å². The summed E-state index contributed by atoms with van der Waals surface area (Å²) in [5, 5.41) is 40.0. The van der Waals surface area contributed by atoms with Crippen LogP contribution in [-0.4, -0.2) is 17.8 Å². The largest absolute Gasteiger partial charge is 0.447 e. The van der Waals surface area contributed by atoms with Gasteiger partial charge in [-0.3, -0.25) is 5.41 Å². The third-order valence-corrected chi connectivity index (χ3v) is 8.61. The van der Waals surface area contributed by atoms with Crippen LogP contribution in [0, 0.1) is 56.2 Å². The van der Waals surface area contributed by atoms with Gasteiger partial charge in [0.1, 0.15) is 0 Å². The average molecular weight is 473 g/mol. The van der Waals surface area contributed by atoms with E-state index < -0.39 is 28.6 Å². The van der Waals surface area contributed by atoms with Gasteiger partial charge in [0.15, 0.2) is 10.8 Å². The normalized spacial score (nSPS) is 32.5. The van der Waals surface area contributed by atoms with E-state index >= 15 is 0 Å². The van der Waals surface area contributed by atoms with Crippen molar-refractivity contribution in [2.75, 3.05) is 0 Å². The number of hydrogen-bond acceptors (Lipinski definition) is 6. The highest BCUT2D eigenvalue weighted by atomic mass is 16.7. The molecule has 0 radical (unpaired) electrons. The molecule has 2 heterocycles. The molecule has 1 aliphatic carbocycles. The second-order valence-electron chi connectivity index (χ2n) is 10.5. The van der Waals surface area contributed by atoms with E-state index in [4.69, 9.17) is 14.9 Å². The van der Waals surface area contributed by atoms with Gasteiger partial charge >= 0.3 is 0 Å². The lowest BCUT2D eigenvalue weighted by Gasteiger charge is -2.52. The highest BCUT2D eigenvalue weighted by Crippen LogP contribution is 2.68. The first kappa shape index (κ1) is 25.2. The van der Waals surface area contributed by atoms with Crippen molar-refractivity contribution in [2.24, 2.45) is 16.7 Å². The molecule has 3 fully saturated rings. The van der Waals surface area contributed by atoms with Gasteiger partial charge in [0.2, 0.25) is 11.7 Å². The molecule has 4 rings (SSSR count). The summed E-state index contributed by atoms with van der Waals surface area (Å²) in [6.07, 6.45) is 10.8. The van der Waals surface area contributed by atoms with Gasteiger partial charge < -0.3 is 9.47 Å². The first-order chi connectivity index (χ1) is 17.0. The van der Waals surface area contributed by atoms with Gasteiger partial charge in [-0.05, 0) is 30.7 Å². The lowest BCUT2D eigenvalue weighted by Crippen LogP contribution is -2.63. The SMILES string of the molecule is CCCCCCCCCCC1OC23CCC(c4ccccc4)CC2C(C#N)(C(=N)O3)C1(C#N)C#N. The Morgan fingerprint density at radius 2 is 1.60 bits per heavy atom. The van der Waals surface area contributed by atoms with Gasteiger partial charge in [-0.25, -0.2) is 0 Å². The van der Waals surface area contributed by atoms with Crippen molar-refractivity contribution in [2.45, 2.75) is 102 Å². The number of nitriles is 3. The van der Waals surface area contributed by atoms with Crippen LogP contribution in [0.2, 0.25) is 0 Å². The zero-order valence-corrected chi connectivity index (χ0v) is 20.8. The molecule has 0 amide bonds. The Morgan fingerprint density at radius 1 is 0.943 bits per heavy atom. The molecule has 2 bridgehead atoms. The first-order valence-electron chi connectivity index (χ1n) is 13.3. The van der Waals surface area contributed by atoms with Crippen molar-refractivity contribution in [3.05, 3.63) is 35.9 Å². The molecule has 6 heteroatoms. The number of unbranched alkanes of at least 4 members (excludes halogenated alkanes) is 7. The van der Waals surface area contributed by atoms with Gasteiger partial charge in [0.25, 0.3) is 0 Å². The molecular weight excluding hydrogens is 436 g/mol. The maximum absolute atomic E-state index is 10.5. The molecule has 1 aromatic rings. The van der Waals surface area contributed by atoms with Crippen LogP contribution in [0.25, 0.3) is 0 Å². The third kappa shape index (κ3) is 4.01. The van der Waals surface area contributed by atoms with Gasteiger partial charge in [-0.2, -0.15) is 15.8 Å². The van der Waals surface area contributed by atoms with E-state index in [0.29, 0.717) is 19.3 Å². The van der Waals surface area contributed by atoms with Crippen LogP contribution in [0.5, 0.6) is 0 Å². The van der Waals surface area contributed by atoms with Gasteiger partial charge in [0, 0.05) is 6.42 Å². The highest BCUT2D eigenvalue weighted by Gasteiger charge is 2.80. The Bertz CT molecular complexity index is 1020. The number of nitrogens with zero attached hydrogens (tertiary/aromatic N) is 3. The number of hydrogen-bond donors (Lipinski definition) is 1. The van der Waals surface area contributed by atoms with Crippen LogP contribution >= 0.6 is 0 Å². The van der Waals surface area contributed by atoms with Gasteiger partial charge in [-0.15, -0.1) is 0 Å². The first-order valence-corrected chi connectivity index (χ1v) is 13.3. The number of nitrogens with one attached hydrogen (secondary N) is 1. The van der Waals surface area contributed by atoms with Crippen LogP contribution in [0.4, 0.5) is 0 Å². The minimum absolute atomic E-state index is 0.166. The molecule has 3 aliphatic rings. The Balaban J connectivity index is 1.56. The predicted molar refractivity (Wildman–Crippen MR) is 132 cm³/mol. The second-order valence-corrected chi connectivity index (χ2v) is 10.5. The molecule has 1 N–H and O–H groups in total. The Kier molecular flexibility index (Phi) is 7.49. The zero-order chi connectivity index (χ0) is 24.9. The lowest BCUT2D eigenvalue weighted by atomic mass is 9.50. The minimum atomic E-state index is -1.76. The van der Waals surface area contributed by atoms with Gasteiger partial charge in [-0.1, -0.05) is 88.6 Å². The smallest absolute Gasteiger partial charge is 0.217 e. The van der Waals surface area contributed by atoms with Crippen LogP contribution in [-0.2, 0) is 9.47 Å². The Morgan fingerprint density at radius 3 is 2.23 bits per heavy atom. The summed E-state index contributed by atoms with van der Waals surface area (Å²) in [5.41, 5.74) is -2.21. The molecule has 0 aromatic heterocycles. The number of benzene rings is 1. The summed E-state index contributed by atoms with van der Waals surface area (Å²) in [4.78, 5) is 0. The Labute approximate surface area is 209 Å². The quantitative estimate of drug-likeness (QED) is 0.378. The van der Waals surface area contributed by atoms with Gasteiger partial charge in [0.05, 0.1) is 30.2 Å². The van der Waals surface area contributed by atoms with E-state index in [1.165, 1.54) is 37.7 Å². The third-order valence-electron chi connectivity index (χ3n) is 8.61. The molecule has 0 spiro atoms. The van der Waals surface area contributed by atoms with Crippen molar-refractivity contribution in [1.82, 2.24) is 0 Å². The van der Waals surface area contributed by atoms with E-state index in [-0.39, 0.29) is 11.8 Å². The van der Waals surface area contributed by atoms with E-state index in [1.54, 1.807) is 0 Å². The highest BCUT2D eigenvalue weighted by molar-refractivity contribution is 5.89. The van der Waals surface area contributed by atoms with Crippen molar-refractivity contribution < 1.29 is 9.47 Å². The fourth-order valence-corrected chi connectivity index (χ4v) is 6.70. The van der Waals surface area contributed by atoms with E-state index in [9.17, 15) is 15.8 Å². The molecule has 6 nitrogen and oxygen atoms in total. The van der Waals surface area contributed by atoms with E-state index in [1.807, 2.05) is 18.2 Å². The van der Waals surface area contributed by atoms with E-state index in [2.05, 4.69) is 37.3 Å². The molecule has 184 valence electrons. The van der Waals surface area contributed by atoms with Crippen LogP contribution < -0.4 is 0 Å². The lowest BCUT2D eigenvalue weighted by molar-refractivity contribution is -0.294. The van der Waals surface area contributed by atoms with Crippen molar-refractivity contribution in [3.63, 3.8) is 0 Å².